The van der Waals surface area contributed by atoms with Gasteiger partial charge in [0.2, 0.25) is 0 Å². The van der Waals surface area contributed by atoms with Gasteiger partial charge in [-0.25, -0.2) is 0 Å². The summed E-state index contributed by atoms with van der Waals surface area (Å²) in [6.45, 7) is 5.85. The quantitative estimate of drug-likeness (QED) is 0.853. The van der Waals surface area contributed by atoms with Crippen LogP contribution in [0.4, 0.5) is 0 Å². The lowest BCUT2D eigenvalue weighted by molar-refractivity contribution is 0.306. The molecule has 18 heavy (non-hydrogen) atoms. The lowest BCUT2D eigenvalue weighted by Gasteiger charge is -2.09. The largest absolute Gasteiger partial charge is 0.489 e. The normalized spacial score (nSPS) is 10.8. The average Bonchev–Trinajstić information content (AvgIpc) is 2.88. The van der Waals surface area contributed by atoms with Gasteiger partial charge in [0.15, 0.2) is 0 Å². The van der Waals surface area contributed by atoms with Crippen LogP contribution in [0.25, 0.3) is 0 Å². The van der Waals surface area contributed by atoms with Gasteiger partial charge in [-0.15, -0.1) is 0 Å². The summed E-state index contributed by atoms with van der Waals surface area (Å²) in [7, 11) is 0. The number of benzene rings is 1. The molecule has 0 saturated carbocycles. The van der Waals surface area contributed by atoms with Crippen molar-refractivity contribution in [2.75, 3.05) is 0 Å². The highest BCUT2D eigenvalue weighted by atomic mass is 32.1. The molecule has 0 aliphatic carbocycles. The highest BCUT2D eigenvalue weighted by molar-refractivity contribution is 7.07. The number of rotatable bonds is 6. The maximum absolute atomic E-state index is 5.72. The fourth-order valence-electron chi connectivity index (χ4n) is 1.57. The third-order valence-corrected chi connectivity index (χ3v) is 3.36. The zero-order valence-corrected chi connectivity index (χ0v) is 11.7. The maximum Gasteiger partial charge on any atom is 0.119 e. The Hall–Kier alpha value is -1.32. The molecule has 1 N–H and O–H groups in total. The molecule has 1 aromatic heterocycles. The Bertz CT molecular complexity index is 448. The van der Waals surface area contributed by atoms with E-state index in [9.17, 15) is 0 Å². The first-order chi connectivity index (χ1) is 8.74. The van der Waals surface area contributed by atoms with Crippen molar-refractivity contribution in [2.24, 2.45) is 0 Å². The van der Waals surface area contributed by atoms with E-state index in [2.05, 4.69) is 48.1 Å². The molecular weight excluding hydrogens is 242 g/mol. The van der Waals surface area contributed by atoms with Crippen LogP contribution in [0.15, 0.2) is 41.1 Å². The van der Waals surface area contributed by atoms with Crippen molar-refractivity contribution in [3.05, 3.63) is 52.2 Å². The summed E-state index contributed by atoms with van der Waals surface area (Å²) in [6, 6.07) is 10.9. The van der Waals surface area contributed by atoms with Crippen molar-refractivity contribution >= 4 is 11.3 Å². The molecule has 0 bridgehead atoms. The van der Waals surface area contributed by atoms with Crippen LogP contribution in [0.2, 0.25) is 0 Å². The minimum Gasteiger partial charge on any atom is -0.489 e. The Morgan fingerprint density at radius 3 is 2.50 bits per heavy atom. The van der Waals surface area contributed by atoms with Crippen LogP contribution in [0.1, 0.15) is 25.0 Å². The van der Waals surface area contributed by atoms with E-state index in [1.54, 1.807) is 11.3 Å². The van der Waals surface area contributed by atoms with Gasteiger partial charge in [0.05, 0.1) is 0 Å². The number of nitrogens with one attached hydrogen (secondary N) is 1. The van der Waals surface area contributed by atoms with Crippen molar-refractivity contribution in [2.45, 2.75) is 33.0 Å². The van der Waals surface area contributed by atoms with E-state index in [4.69, 9.17) is 4.74 Å². The van der Waals surface area contributed by atoms with E-state index in [1.165, 1.54) is 11.1 Å². The predicted molar refractivity (Wildman–Crippen MR) is 77.1 cm³/mol. The second kappa shape index (κ2) is 6.57. The number of hydrogen-bond donors (Lipinski definition) is 1. The van der Waals surface area contributed by atoms with Crippen LogP contribution in [-0.2, 0) is 13.2 Å². The highest BCUT2D eigenvalue weighted by Crippen LogP contribution is 2.15. The van der Waals surface area contributed by atoms with Gasteiger partial charge >= 0.3 is 0 Å². The molecule has 0 atom stereocenters. The molecule has 1 heterocycles. The van der Waals surface area contributed by atoms with Gasteiger partial charge in [-0.2, -0.15) is 11.3 Å². The summed E-state index contributed by atoms with van der Waals surface area (Å²) in [6.07, 6.45) is 0. The summed E-state index contributed by atoms with van der Waals surface area (Å²) in [5.41, 5.74) is 2.51. The summed E-state index contributed by atoms with van der Waals surface area (Å²) < 4.78 is 5.72. The third-order valence-electron chi connectivity index (χ3n) is 2.62. The van der Waals surface area contributed by atoms with Gasteiger partial charge in [0.25, 0.3) is 0 Å². The predicted octanol–water partition coefficient (Wildman–Crippen LogP) is 3.83. The summed E-state index contributed by atoms with van der Waals surface area (Å²) in [5.74, 6) is 0.925. The van der Waals surface area contributed by atoms with Crippen LogP contribution in [0.3, 0.4) is 0 Å². The average molecular weight is 261 g/mol. The van der Waals surface area contributed by atoms with E-state index in [1.807, 2.05) is 12.1 Å². The Morgan fingerprint density at radius 1 is 1.11 bits per heavy atom. The van der Waals surface area contributed by atoms with Crippen LogP contribution in [0, 0.1) is 0 Å². The molecule has 3 heteroatoms. The molecule has 0 fully saturated rings. The van der Waals surface area contributed by atoms with Gasteiger partial charge in [-0.3, -0.25) is 0 Å². The van der Waals surface area contributed by atoms with Crippen molar-refractivity contribution < 1.29 is 4.74 Å². The zero-order valence-electron chi connectivity index (χ0n) is 10.8. The molecule has 1 aromatic carbocycles. The Balaban J connectivity index is 1.83. The summed E-state index contributed by atoms with van der Waals surface area (Å²) in [5, 5.41) is 7.58. The van der Waals surface area contributed by atoms with Gasteiger partial charge in [0, 0.05) is 12.6 Å². The Morgan fingerprint density at radius 2 is 1.89 bits per heavy atom. The molecular formula is C15H19NOS. The van der Waals surface area contributed by atoms with Crippen LogP contribution in [0.5, 0.6) is 5.75 Å². The van der Waals surface area contributed by atoms with Crippen LogP contribution >= 0.6 is 11.3 Å². The number of hydrogen-bond acceptors (Lipinski definition) is 3. The first kappa shape index (κ1) is 13.1. The van der Waals surface area contributed by atoms with Crippen molar-refractivity contribution in [3.63, 3.8) is 0 Å². The SMILES string of the molecule is CC(C)NCc1ccc(OCc2ccsc2)cc1. The lowest BCUT2D eigenvalue weighted by Crippen LogP contribution is -2.21. The van der Waals surface area contributed by atoms with E-state index >= 15 is 0 Å². The van der Waals surface area contributed by atoms with Crippen molar-refractivity contribution in [3.8, 4) is 5.75 Å². The van der Waals surface area contributed by atoms with Crippen LogP contribution in [-0.4, -0.2) is 6.04 Å². The molecule has 0 aliphatic heterocycles. The molecule has 0 radical (unpaired) electrons. The minimum atomic E-state index is 0.513. The standard InChI is InChI=1S/C15H19NOS/c1-12(2)16-9-13-3-5-15(6-4-13)17-10-14-7-8-18-11-14/h3-8,11-12,16H,9-10H2,1-2H3. The minimum absolute atomic E-state index is 0.513. The van der Waals surface area contributed by atoms with Gasteiger partial charge in [-0.05, 0) is 40.1 Å². The van der Waals surface area contributed by atoms with Crippen LogP contribution < -0.4 is 10.1 Å². The molecule has 2 nitrogen and oxygen atoms in total. The lowest BCUT2D eigenvalue weighted by atomic mass is 10.2. The van der Waals surface area contributed by atoms with E-state index in [0.29, 0.717) is 12.6 Å². The zero-order chi connectivity index (χ0) is 12.8. The van der Waals surface area contributed by atoms with Gasteiger partial charge in [0.1, 0.15) is 12.4 Å². The van der Waals surface area contributed by atoms with Crippen molar-refractivity contribution in [1.82, 2.24) is 5.32 Å². The molecule has 2 rings (SSSR count). The smallest absolute Gasteiger partial charge is 0.119 e. The fourth-order valence-corrected chi connectivity index (χ4v) is 2.22. The number of ether oxygens (including phenoxy) is 1. The monoisotopic (exact) mass is 261 g/mol. The molecule has 0 amide bonds. The molecule has 0 spiro atoms. The van der Waals surface area contributed by atoms with E-state index in [0.717, 1.165) is 12.3 Å². The highest BCUT2D eigenvalue weighted by Gasteiger charge is 1.98. The number of thiophene rings is 1. The van der Waals surface area contributed by atoms with E-state index in [-0.39, 0.29) is 0 Å². The first-order valence-corrected chi connectivity index (χ1v) is 7.14. The molecule has 0 unspecified atom stereocenters. The Kier molecular flexibility index (Phi) is 4.79. The topological polar surface area (TPSA) is 21.3 Å². The molecule has 0 saturated heterocycles. The maximum atomic E-state index is 5.72. The summed E-state index contributed by atoms with van der Waals surface area (Å²) in [4.78, 5) is 0. The van der Waals surface area contributed by atoms with Gasteiger partial charge in [-0.1, -0.05) is 26.0 Å². The molecule has 2 aromatic rings. The molecule has 0 aliphatic rings. The fraction of sp³-hybridized carbons (Fsp3) is 0.333. The second-order valence-electron chi connectivity index (χ2n) is 4.60. The molecule has 96 valence electrons. The second-order valence-corrected chi connectivity index (χ2v) is 5.38. The third kappa shape index (κ3) is 4.17. The van der Waals surface area contributed by atoms with Crippen molar-refractivity contribution in [1.29, 1.82) is 0 Å². The van der Waals surface area contributed by atoms with Gasteiger partial charge < -0.3 is 10.1 Å². The summed E-state index contributed by atoms with van der Waals surface area (Å²) >= 11 is 1.70. The van der Waals surface area contributed by atoms with E-state index < -0.39 is 0 Å². The first-order valence-electron chi connectivity index (χ1n) is 6.20. The Labute approximate surface area is 113 Å².